The van der Waals surface area contributed by atoms with E-state index in [0.29, 0.717) is 24.6 Å². The number of benzene rings is 1. The summed E-state index contributed by atoms with van der Waals surface area (Å²) in [7, 11) is 1.82. The van der Waals surface area contributed by atoms with E-state index >= 15 is 0 Å². The molecule has 1 amide bonds. The van der Waals surface area contributed by atoms with E-state index in [0.717, 1.165) is 12.1 Å². The zero-order valence-corrected chi connectivity index (χ0v) is 15.1. The van der Waals surface area contributed by atoms with Crippen molar-refractivity contribution in [2.24, 2.45) is 11.7 Å². The Morgan fingerprint density at radius 3 is 2.58 bits per heavy atom. The van der Waals surface area contributed by atoms with Gasteiger partial charge in [0.15, 0.2) is 0 Å². The molecule has 0 fully saturated rings. The van der Waals surface area contributed by atoms with Gasteiger partial charge in [0.05, 0.1) is 18.3 Å². The lowest BCUT2D eigenvalue weighted by molar-refractivity contribution is 0.0788. The number of nitrogens with two attached hydrogens (primary N) is 1. The molecule has 0 bridgehead atoms. The van der Waals surface area contributed by atoms with E-state index in [-0.39, 0.29) is 11.9 Å². The summed E-state index contributed by atoms with van der Waals surface area (Å²) in [6.45, 7) is 7.47. The summed E-state index contributed by atoms with van der Waals surface area (Å²) in [5.74, 6) is 0.423. The fourth-order valence-electron chi connectivity index (χ4n) is 2.56. The summed E-state index contributed by atoms with van der Waals surface area (Å²) in [6.07, 6.45) is 2.47. The van der Waals surface area contributed by atoms with Gasteiger partial charge in [-0.15, -0.1) is 0 Å². The third-order valence-electron chi connectivity index (χ3n) is 4.51. The topological polar surface area (TPSA) is 64.2 Å². The van der Waals surface area contributed by atoms with Gasteiger partial charge in [-0.05, 0) is 24.8 Å². The normalized spacial score (nSPS) is 12.4. The highest BCUT2D eigenvalue weighted by atomic mass is 16.2. The predicted octanol–water partition coefficient (Wildman–Crippen LogP) is 2.69. The maximum Gasteiger partial charge on any atom is 0.257 e. The minimum atomic E-state index is 0.00256. The molecule has 1 atom stereocenters. The third kappa shape index (κ3) is 4.45. The van der Waals surface area contributed by atoms with E-state index in [1.54, 1.807) is 11.1 Å². The van der Waals surface area contributed by atoms with Crippen molar-refractivity contribution in [3.63, 3.8) is 0 Å². The Morgan fingerprint density at radius 2 is 1.96 bits per heavy atom. The largest absolute Gasteiger partial charge is 0.342 e. The van der Waals surface area contributed by atoms with Gasteiger partial charge >= 0.3 is 0 Å². The van der Waals surface area contributed by atoms with Crippen LogP contribution in [-0.4, -0.2) is 40.2 Å². The van der Waals surface area contributed by atoms with Crippen molar-refractivity contribution < 1.29 is 4.79 Å². The predicted molar refractivity (Wildman–Crippen MR) is 96.9 cm³/mol. The molecule has 0 radical (unpaired) electrons. The highest BCUT2D eigenvalue weighted by Crippen LogP contribution is 2.13. The van der Waals surface area contributed by atoms with Gasteiger partial charge in [0.1, 0.15) is 0 Å². The Balaban J connectivity index is 2.02. The van der Waals surface area contributed by atoms with Crippen molar-refractivity contribution in [3.05, 3.63) is 53.3 Å². The van der Waals surface area contributed by atoms with Crippen LogP contribution in [0.5, 0.6) is 0 Å². The van der Waals surface area contributed by atoms with Gasteiger partial charge in [0, 0.05) is 25.3 Å². The first-order valence-corrected chi connectivity index (χ1v) is 8.47. The summed E-state index contributed by atoms with van der Waals surface area (Å²) in [5.41, 5.74) is 8.79. The molecule has 0 aliphatic heterocycles. The number of carbonyl (C=O) groups excluding carboxylic acids is 1. The summed E-state index contributed by atoms with van der Waals surface area (Å²) < 4.78 is 1.87. The molecule has 2 rings (SSSR count). The Morgan fingerprint density at radius 1 is 1.29 bits per heavy atom. The van der Waals surface area contributed by atoms with Crippen LogP contribution < -0.4 is 5.73 Å². The number of hydrogen-bond acceptors (Lipinski definition) is 3. The molecule has 0 aliphatic carbocycles. The van der Waals surface area contributed by atoms with E-state index < -0.39 is 0 Å². The van der Waals surface area contributed by atoms with Crippen molar-refractivity contribution >= 4 is 5.91 Å². The Bertz CT molecular complexity index is 663. The number of aromatic nitrogens is 2. The standard InChI is InChI=1S/C19H28N4O/c1-14(2)18(20)10-11-22(4)19(24)17-12-21-23(15(17)3)13-16-8-6-5-7-9-16/h5-9,12,14,18H,10-11,13,20H2,1-4H3. The Kier molecular flexibility index (Phi) is 6.15. The lowest BCUT2D eigenvalue weighted by Crippen LogP contribution is -2.34. The quantitative estimate of drug-likeness (QED) is 0.850. The molecule has 0 saturated heterocycles. The zero-order valence-electron chi connectivity index (χ0n) is 15.1. The molecule has 0 aliphatic rings. The smallest absolute Gasteiger partial charge is 0.257 e. The molecule has 1 unspecified atom stereocenters. The molecule has 1 heterocycles. The van der Waals surface area contributed by atoms with Crippen LogP contribution in [0.1, 0.15) is 41.9 Å². The molecule has 1 aromatic heterocycles. The SMILES string of the molecule is Cc1c(C(=O)N(C)CCC(N)C(C)C)cnn1Cc1ccccc1. The summed E-state index contributed by atoms with van der Waals surface area (Å²) in [4.78, 5) is 14.4. The molecule has 24 heavy (non-hydrogen) atoms. The van der Waals surface area contributed by atoms with Gasteiger partial charge in [0.2, 0.25) is 0 Å². The molecule has 130 valence electrons. The van der Waals surface area contributed by atoms with Crippen LogP contribution in [0.3, 0.4) is 0 Å². The van der Waals surface area contributed by atoms with Crippen LogP contribution in [0.25, 0.3) is 0 Å². The zero-order chi connectivity index (χ0) is 17.7. The first-order valence-electron chi connectivity index (χ1n) is 8.47. The maximum atomic E-state index is 12.6. The monoisotopic (exact) mass is 328 g/mol. The highest BCUT2D eigenvalue weighted by molar-refractivity contribution is 5.94. The molecule has 0 saturated carbocycles. The van der Waals surface area contributed by atoms with Gasteiger partial charge < -0.3 is 10.6 Å². The molecule has 5 nitrogen and oxygen atoms in total. The second kappa shape index (κ2) is 8.11. The Hall–Kier alpha value is -2.14. The van der Waals surface area contributed by atoms with Crippen LogP contribution in [0.15, 0.2) is 36.5 Å². The van der Waals surface area contributed by atoms with Crippen LogP contribution in [0, 0.1) is 12.8 Å². The Labute approximate surface area is 144 Å². The fraction of sp³-hybridized carbons (Fsp3) is 0.474. The first kappa shape index (κ1) is 18.2. The fourth-order valence-corrected chi connectivity index (χ4v) is 2.56. The maximum absolute atomic E-state index is 12.6. The van der Waals surface area contributed by atoms with Crippen molar-refractivity contribution in [2.75, 3.05) is 13.6 Å². The van der Waals surface area contributed by atoms with Crippen molar-refractivity contribution in [3.8, 4) is 0 Å². The summed E-state index contributed by atoms with van der Waals surface area (Å²) in [5, 5.41) is 4.38. The van der Waals surface area contributed by atoms with Gasteiger partial charge in [0.25, 0.3) is 5.91 Å². The molecule has 5 heteroatoms. The average Bonchev–Trinajstić information content (AvgIpc) is 2.93. The van der Waals surface area contributed by atoms with Crippen molar-refractivity contribution in [1.29, 1.82) is 0 Å². The minimum Gasteiger partial charge on any atom is -0.342 e. The van der Waals surface area contributed by atoms with E-state index in [2.05, 4.69) is 31.1 Å². The number of hydrogen-bond donors (Lipinski definition) is 1. The summed E-state index contributed by atoms with van der Waals surface area (Å²) in [6, 6.07) is 10.2. The molecule has 0 spiro atoms. The number of nitrogens with zero attached hydrogens (tertiary/aromatic N) is 3. The minimum absolute atomic E-state index is 0.00256. The van der Waals surface area contributed by atoms with Gasteiger partial charge in [-0.25, -0.2) is 0 Å². The third-order valence-corrected chi connectivity index (χ3v) is 4.51. The second-order valence-electron chi connectivity index (χ2n) is 6.71. The average molecular weight is 328 g/mol. The van der Waals surface area contributed by atoms with E-state index in [4.69, 9.17) is 5.73 Å². The van der Waals surface area contributed by atoms with Crippen LogP contribution >= 0.6 is 0 Å². The molecular weight excluding hydrogens is 300 g/mol. The second-order valence-corrected chi connectivity index (χ2v) is 6.71. The van der Waals surface area contributed by atoms with E-state index in [1.807, 2.05) is 36.9 Å². The van der Waals surface area contributed by atoms with Crippen LogP contribution in [0.4, 0.5) is 0 Å². The molecular formula is C19H28N4O. The number of carbonyl (C=O) groups is 1. The molecule has 2 aromatic rings. The van der Waals surface area contributed by atoms with Crippen LogP contribution in [0.2, 0.25) is 0 Å². The lowest BCUT2D eigenvalue weighted by atomic mass is 10.0. The van der Waals surface area contributed by atoms with Crippen molar-refractivity contribution in [1.82, 2.24) is 14.7 Å². The van der Waals surface area contributed by atoms with Crippen molar-refractivity contribution in [2.45, 2.75) is 39.8 Å². The number of amides is 1. The van der Waals surface area contributed by atoms with Crippen LogP contribution in [-0.2, 0) is 6.54 Å². The van der Waals surface area contributed by atoms with Gasteiger partial charge in [-0.1, -0.05) is 44.2 Å². The van der Waals surface area contributed by atoms with Gasteiger partial charge in [-0.3, -0.25) is 9.48 Å². The number of rotatable bonds is 7. The molecule has 2 N–H and O–H groups in total. The van der Waals surface area contributed by atoms with E-state index in [1.165, 1.54) is 5.56 Å². The van der Waals surface area contributed by atoms with E-state index in [9.17, 15) is 4.79 Å². The molecule has 1 aromatic carbocycles. The summed E-state index contributed by atoms with van der Waals surface area (Å²) >= 11 is 0. The van der Waals surface area contributed by atoms with Gasteiger partial charge in [-0.2, -0.15) is 5.10 Å². The highest BCUT2D eigenvalue weighted by Gasteiger charge is 2.19. The lowest BCUT2D eigenvalue weighted by Gasteiger charge is -2.21. The first-order chi connectivity index (χ1) is 11.4.